The number of rotatable bonds is 6. The van der Waals surface area contributed by atoms with Gasteiger partial charge in [-0.3, -0.25) is 0 Å². The van der Waals surface area contributed by atoms with Crippen molar-refractivity contribution < 1.29 is 4.90 Å². The molecule has 1 aliphatic heterocycles. The molecule has 2 rings (SSSR count). The summed E-state index contributed by atoms with van der Waals surface area (Å²) in [6, 6.07) is 8.47. The summed E-state index contributed by atoms with van der Waals surface area (Å²) in [4.78, 5) is 3.93. The standard InChI is InChI=1S/C17H28N4S/c1-20(2)12-8-11-18-17(22)19-15-9-4-5-10-16(15)21-13-6-3-7-14-21/h4-5,9-10H,3,6-8,11-14H2,1-2H3,(H2,18,19,22)/p+1. The van der Waals surface area contributed by atoms with Crippen LogP contribution in [0.15, 0.2) is 24.3 Å². The van der Waals surface area contributed by atoms with Gasteiger partial charge in [-0.05, 0) is 43.6 Å². The average molecular weight is 322 g/mol. The minimum Gasteiger partial charge on any atom is -0.370 e. The van der Waals surface area contributed by atoms with Crippen molar-refractivity contribution in [2.24, 2.45) is 0 Å². The zero-order chi connectivity index (χ0) is 15.8. The summed E-state index contributed by atoms with van der Waals surface area (Å²) in [5.74, 6) is 0. The number of thiocarbonyl (C=S) groups is 1. The third-order valence-corrected chi connectivity index (χ3v) is 4.23. The summed E-state index contributed by atoms with van der Waals surface area (Å²) >= 11 is 5.43. The van der Waals surface area contributed by atoms with Gasteiger partial charge in [-0.2, -0.15) is 0 Å². The van der Waals surface area contributed by atoms with Gasteiger partial charge >= 0.3 is 0 Å². The van der Waals surface area contributed by atoms with E-state index in [0.29, 0.717) is 0 Å². The minimum atomic E-state index is 0.721. The third-order valence-electron chi connectivity index (χ3n) is 3.99. The molecule has 1 aromatic rings. The summed E-state index contributed by atoms with van der Waals surface area (Å²) in [5, 5.41) is 7.39. The molecule has 3 N–H and O–H groups in total. The molecular formula is C17H29N4S+. The monoisotopic (exact) mass is 321 g/mol. The number of hydrogen-bond donors (Lipinski definition) is 3. The molecule has 1 aromatic carbocycles. The first kappa shape index (κ1) is 17.0. The van der Waals surface area contributed by atoms with E-state index < -0.39 is 0 Å². The van der Waals surface area contributed by atoms with Crippen LogP contribution in [0.2, 0.25) is 0 Å². The van der Waals surface area contributed by atoms with Crippen LogP contribution in [0.5, 0.6) is 0 Å². The maximum absolute atomic E-state index is 5.43. The summed E-state index contributed by atoms with van der Waals surface area (Å²) in [6.45, 7) is 4.36. The second kappa shape index (κ2) is 8.96. The van der Waals surface area contributed by atoms with Gasteiger partial charge in [0, 0.05) is 26.1 Å². The van der Waals surface area contributed by atoms with Crippen molar-refractivity contribution >= 4 is 28.7 Å². The molecule has 0 atom stereocenters. The summed E-state index contributed by atoms with van der Waals surface area (Å²) < 4.78 is 0. The number of nitrogens with zero attached hydrogens (tertiary/aromatic N) is 1. The molecule has 122 valence electrons. The Morgan fingerprint density at radius 2 is 1.91 bits per heavy atom. The molecule has 0 aliphatic carbocycles. The molecule has 0 aromatic heterocycles. The number of para-hydroxylation sites is 2. The van der Waals surface area contributed by atoms with E-state index >= 15 is 0 Å². The first-order valence-corrected chi connectivity index (χ1v) is 8.75. The lowest BCUT2D eigenvalue weighted by Crippen LogP contribution is -3.05. The van der Waals surface area contributed by atoms with Gasteiger partial charge in [0.2, 0.25) is 0 Å². The van der Waals surface area contributed by atoms with Crippen molar-refractivity contribution in [3.8, 4) is 0 Å². The van der Waals surface area contributed by atoms with E-state index in [2.05, 4.69) is 53.9 Å². The Morgan fingerprint density at radius 3 is 2.64 bits per heavy atom. The van der Waals surface area contributed by atoms with Crippen molar-refractivity contribution in [2.75, 3.05) is 50.5 Å². The molecule has 4 nitrogen and oxygen atoms in total. The molecule has 5 heteroatoms. The largest absolute Gasteiger partial charge is 0.370 e. The second-order valence-corrected chi connectivity index (χ2v) is 6.66. The van der Waals surface area contributed by atoms with E-state index in [-0.39, 0.29) is 0 Å². The fourth-order valence-electron chi connectivity index (χ4n) is 2.80. The molecule has 0 unspecified atom stereocenters. The molecule has 1 aliphatic rings. The lowest BCUT2D eigenvalue weighted by molar-refractivity contribution is -0.858. The molecule has 1 saturated heterocycles. The first-order chi connectivity index (χ1) is 10.7. The third kappa shape index (κ3) is 5.46. The normalized spacial score (nSPS) is 15.0. The topological polar surface area (TPSA) is 31.7 Å². The number of anilines is 2. The fourth-order valence-corrected chi connectivity index (χ4v) is 3.01. The predicted octanol–water partition coefficient (Wildman–Crippen LogP) is 1.50. The van der Waals surface area contributed by atoms with Crippen molar-refractivity contribution in [1.82, 2.24) is 5.32 Å². The van der Waals surface area contributed by atoms with Gasteiger partial charge in [-0.1, -0.05) is 12.1 Å². The first-order valence-electron chi connectivity index (χ1n) is 8.34. The van der Waals surface area contributed by atoms with Crippen LogP contribution < -0.4 is 20.4 Å². The van der Waals surface area contributed by atoms with Gasteiger partial charge in [-0.25, -0.2) is 0 Å². The van der Waals surface area contributed by atoms with Crippen LogP contribution in [0.4, 0.5) is 11.4 Å². The Balaban J connectivity index is 1.87. The average Bonchev–Trinajstić information content (AvgIpc) is 2.53. The molecular weight excluding hydrogens is 292 g/mol. The SMILES string of the molecule is C[NH+](C)CCCNC(=S)Nc1ccccc1N1CCCCC1. The highest BCUT2D eigenvalue weighted by Crippen LogP contribution is 2.28. The van der Waals surface area contributed by atoms with Crippen LogP contribution in [-0.4, -0.2) is 45.4 Å². The Labute approximate surface area is 139 Å². The zero-order valence-electron chi connectivity index (χ0n) is 13.8. The van der Waals surface area contributed by atoms with Crippen molar-refractivity contribution in [3.63, 3.8) is 0 Å². The molecule has 22 heavy (non-hydrogen) atoms. The van der Waals surface area contributed by atoms with Crippen molar-refractivity contribution in [1.29, 1.82) is 0 Å². The van der Waals surface area contributed by atoms with Crippen LogP contribution in [0.1, 0.15) is 25.7 Å². The van der Waals surface area contributed by atoms with Crippen LogP contribution in [0, 0.1) is 0 Å². The summed E-state index contributed by atoms with van der Waals surface area (Å²) in [5.41, 5.74) is 2.38. The molecule has 1 heterocycles. The summed E-state index contributed by atoms with van der Waals surface area (Å²) in [6.07, 6.45) is 5.03. The maximum Gasteiger partial charge on any atom is 0.170 e. The number of benzene rings is 1. The number of piperidine rings is 1. The van der Waals surface area contributed by atoms with E-state index in [1.54, 1.807) is 0 Å². The minimum absolute atomic E-state index is 0.721. The number of hydrogen-bond acceptors (Lipinski definition) is 2. The Morgan fingerprint density at radius 1 is 1.18 bits per heavy atom. The highest BCUT2D eigenvalue weighted by molar-refractivity contribution is 7.80. The molecule has 0 spiro atoms. The van der Waals surface area contributed by atoms with E-state index in [1.807, 2.05) is 0 Å². The van der Waals surface area contributed by atoms with Crippen molar-refractivity contribution in [3.05, 3.63) is 24.3 Å². The lowest BCUT2D eigenvalue weighted by atomic mass is 10.1. The van der Waals surface area contributed by atoms with Gasteiger partial charge in [0.05, 0.1) is 32.0 Å². The quantitative estimate of drug-likeness (QED) is 0.548. The van der Waals surface area contributed by atoms with Crippen molar-refractivity contribution in [2.45, 2.75) is 25.7 Å². The highest BCUT2D eigenvalue weighted by atomic mass is 32.1. The zero-order valence-corrected chi connectivity index (χ0v) is 14.6. The van der Waals surface area contributed by atoms with E-state index in [9.17, 15) is 0 Å². The van der Waals surface area contributed by atoms with Gasteiger partial charge in [0.15, 0.2) is 5.11 Å². The van der Waals surface area contributed by atoms with Gasteiger partial charge < -0.3 is 20.4 Å². The predicted molar refractivity (Wildman–Crippen MR) is 99.0 cm³/mol. The van der Waals surface area contributed by atoms with E-state index in [0.717, 1.165) is 43.4 Å². The Hall–Kier alpha value is -1.33. The number of quaternary nitrogens is 1. The van der Waals surface area contributed by atoms with Gasteiger partial charge in [0.25, 0.3) is 0 Å². The molecule has 0 amide bonds. The lowest BCUT2D eigenvalue weighted by Gasteiger charge is -2.30. The highest BCUT2D eigenvalue weighted by Gasteiger charge is 2.14. The van der Waals surface area contributed by atoms with Crippen LogP contribution in [0.25, 0.3) is 0 Å². The maximum atomic E-state index is 5.43. The fraction of sp³-hybridized carbons (Fsp3) is 0.588. The smallest absolute Gasteiger partial charge is 0.170 e. The Bertz CT molecular complexity index is 469. The Kier molecular flexibility index (Phi) is 6.93. The summed E-state index contributed by atoms with van der Waals surface area (Å²) in [7, 11) is 4.34. The van der Waals surface area contributed by atoms with Gasteiger partial charge in [0.1, 0.15) is 0 Å². The van der Waals surface area contributed by atoms with Crippen LogP contribution in [-0.2, 0) is 0 Å². The molecule has 0 radical (unpaired) electrons. The number of nitrogens with one attached hydrogen (secondary N) is 3. The van der Waals surface area contributed by atoms with E-state index in [1.165, 1.54) is 29.8 Å². The molecule has 1 fully saturated rings. The second-order valence-electron chi connectivity index (χ2n) is 6.26. The van der Waals surface area contributed by atoms with Gasteiger partial charge in [-0.15, -0.1) is 0 Å². The van der Waals surface area contributed by atoms with Crippen LogP contribution in [0.3, 0.4) is 0 Å². The van der Waals surface area contributed by atoms with Crippen LogP contribution >= 0.6 is 12.2 Å². The molecule has 0 saturated carbocycles. The molecule has 0 bridgehead atoms. The van der Waals surface area contributed by atoms with E-state index in [4.69, 9.17) is 12.2 Å².